The van der Waals surface area contributed by atoms with Crippen LogP contribution in [0.25, 0.3) is 0 Å². The first-order valence-electron chi connectivity index (χ1n) is 8.65. The first-order valence-corrected chi connectivity index (χ1v) is 8.65. The summed E-state index contributed by atoms with van der Waals surface area (Å²) in [6.07, 6.45) is 2.20. The van der Waals surface area contributed by atoms with E-state index >= 15 is 0 Å². The van der Waals surface area contributed by atoms with Crippen molar-refractivity contribution in [1.82, 2.24) is 20.0 Å². The van der Waals surface area contributed by atoms with Crippen molar-refractivity contribution < 1.29 is 19.1 Å². The average Bonchev–Trinajstić information content (AvgIpc) is 3.10. The molecule has 3 rings (SSSR count). The molecule has 3 heterocycles. The van der Waals surface area contributed by atoms with Gasteiger partial charge in [-0.1, -0.05) is 0 Å². The van der Waals surface area contributed by atoms with Gasteiger partial charge in [-0.3, -0.25) is 9.59 Å². The molecule has 8 nitrogen and oxygen atoms in total. The zero-order valence-corrected chi connectivity index (χ0v) is 14.7. The molecule has 0 N–H and O–H groups in total. The Bertz CT molecular complexity index is 614. The summed E-state index contributed by atoms with van der Waals surface area (Å²) in [7, 11) is 1.53. The number of aromatic nitrogens is 2. The number of methoxy groups -OCH3 is 1. The fourth-order valence-electron chi connectivity index (χ4n) is 3.37. The molecule has 136 valence electrons. The van der Waals surface area contributed by atoms with Gasteiger partial charge < -0.3 is 19.3 Å². The Morgan fingerprint density at radius 2 is 1.68 bits per heavy atom. The van der Waals surface area contributed by atoms with Crippen LogP contribution in [0.15, 0.2) is 12.1 Å². The van der Waals surface area contributed by atoms with Gasteiger partial charge in [-0.05, 0) is 12.8 Å². The predicted molar refractivity (Wildman–Crippen MR) is 89.2 cm³/mol. The second-order valence-corrected chi connectivity index (χ2v) is 6.51. The number of hydrogen-bond acceptors (Lipinski definition) is 6. The topological polar surface area (TPSA) is 84.9 Å². The average molecular weight is 348 g/mol. The second-order valence-electron chi connectivity index (χ2n) is 6.51. The minimum Gasteiger partial charge on any atom is -0.480 e. The minimum atomic E-state index is -0.0658. The summed E-state index contributed by atoms with van der Waals surface area (Å²) in [6.45, 7) is 4.17. The zero-order chi connectivity index (χ0) is 17.8. The molecule has 0 bridgehead atoms. The molecule has 0 unspecified atom stereocenters. The Labute approximate surface area is 147 Å². The summed E-state index contributed by atoms with van der Waals surface area (Å²) in [5, 5.41) is 7.84. The van der Waals surface area contributed by atoms with Gasteiger partial charge in [0.25, 0.3) is 0 Å². The molecular weight excluding hydrogens is 324 g/mol. The summed E-state index contributed by atoms with van der Waals surface area (Å²) in [5.74, 6) is 1.15. The van der Waals surface area contributed by atoms with E-state index in [0.29, 0.717) is 37.9 Å². The smallest absolute Gasteiger partial charge is 0.233 e. The Morgan fingerprint density at radius 3 is 2.28 bits per heavy atom. The van der Waals surface area contributed by atoms with Crippen molar-refractivity contribution >= 4 is 11.8 Å². The molecule has 8 heteroatoms. The van der Waals surface area contributed by atoms with Gasteiger partial charge in [-0.15, -0.1) is 10.2 Å². The van der Waals surface area contributed by atoms with Crippen molar-refractivity contribution in [2.45, 2.75) is 32.3 Å². The largest absolute Gasteiger partial charge is 0.480 e. The molecule has 0 radical (unpaired) electrons. The van der Waals surface area contributed by atoms with E-state index in [4.69, 9.17) is 9.47 Å². The van der Waals surface area contributed by atoms with Gasteiger partial charge in [0.2, 0.25) is 23.6 Å². The van der Waals surface area contributed by atoms with Crippen molar-refractivity contribution in [1.29, 1.82) is 0 Å². The monoisotopic (exact) mass is 348 g/mol. The van der Waals surface area contributed by atoms with Crippen molar-refractivity contribution in [2.24, 2.45) is 5.92 Å². The van der Waals surface area contributed by atoms with Crippen LogP contribution in [0.2, 0.25) is 0 Å². The molecule has 2 amide bonds. The van der Waals surface area contributed by atoms with Crippen LogP contribution in [0.1, 0.15) is 26.2 Å². The molecule has 2 aliphatic heterocycles. The van der Waals surface area contributed by atoms with Crippen LogP contribution in [0.4, 0.5) is 0 Å². The standard InChI is InChI=1S/C17H24N4O4/c1-12(22)20-8-5-13(6-9-20)17(23)21-10-7-14(11-21)25-16-4-3-15(24-2)18-19-16/h3-4,13-14H,5-11H2,1-2H3/t14-/m0/s1. The number of nitrogens with zero attached hydrogens (tertiary/aromatic N) is 4. The van der Waals surface area contributed by atoms with E-state index < -0.39 is 0 Å². The first kappa shape index (κ1) is 17.4. The molecule has 1 aromatic rings. The van der Waals surface area contributed by atoms with Crippen LogP contribution in [0.3, 0.4) is 0 Å². The van der Waals surface area contributed by atoms with E-state index in [-0.39, 0.29) is 23.8 Å². The first-order chi connectivity index (χ1) is 12.1. The van der Waals surface area contributed by atoms with Gasteiger partial charge in [-0.25, -0.2) is 0 Å². The van der Waals surface area contributed by atoms with E-state index in [1.54, 1.807) is 19.1 Å². The number of amides is 2. The van der Waals surface area contributed by atoms with Crippen LogP contribution >= 0.6 is 0 Å². The summed E-state index contributed by atoms with van der Waals surface area (Å²) in [5.41, 5.74) is 0. The number of carbonyl (C=O) groups is 2. The third kappa shape index (κ3) is 4.18. The predicted octanol–water partition coefficient (Wildman–Crippen LogP) is 0.723. The normalized spacial score (nSPS) is 21.3. The lowest BCUT2D eigenvalue weighted by Gasteiger charge is -2.32. The summed E-state index contributed by atoms with van der Waals surface area (Å²) >= 11 is 0. The van der Waals surface area contributed by atoms with E-state index in [1.807, 2.05) is 9.80 Å². The van der Waals surface area contributed by atoms with Gasteiger partial charge in [0.15, 0.2) is 0 Å². The fraction of sp³-hybridized carbons (Fsp3) is 0.647. The molecule has 25 heavy (non-hydrogen) atoms. The van der Waals surface area contributed by atoms with Gasteiger partial charge >= 0.3 is 0 Å². The van der Waals surface area contributed by atoms with E-state index in [9.17, 15) is 9.59 Å². The van der Waals surface area contributed by atoms with Gasteiger partial charge in [0.05, 0.1) is 13.7 Å². The number of hydrogen-bond donors (Lipinski definition) is 0. The Kier molecular flexibility index (Phi) is 5.35. The molecule has 0 spiro atoms. The number of rotatable bonds is 4. The molecule has 2 aliphatic rings. The Morgan fingerprint density at radius 1 is 1.04 bits per heavy atom. The highest BCUT2D eigenvalue weighted by Crippen LogP contribution is 2.24. The van der Waals surface area contributed by atoms with Crippen molar-refractivity contribution in [3.8, 4) is 11.8 Å². The molecule has 1 atom stereocenters. The maximum atomic E-state index is 12.7. The molecule has 1 aromatic heterocycles. The molecule has 2 fully saturated rings. The number of piperidine rings is 1. The molecule has 0 aromatic carbocycles. The quantitative estimate of drug-likeness (QED) is 0.797. The molecule has 2 saturated heterocycles. The lowest BCUT2D eigenvalue weighted by molar-refractivity contribution is -0.139. The minimum absolute atomic E-state index is 0.00938. The Hall–Kier alpha value is -2.38. The zero-order valence-electron chi connectivity index (χ0n) is 14.7. The van der Waals surface area contributed by atoms with Crippen molar-refractivity contribution in [2.75, 3.05) is 33.3 Å². The lowest BCUT2D eigenvalue weighted by Crippen LogP contribution is -2.43. The Balaban J connectivity index is 1.48. The summed E-state index contributed by atoms with van der Waals surface area (Å²) in [6, 6.07) is 3.41. The summed E-state index contributed by atoms with van der Waals surface area (Å²) in [4.78, 5) is 27.7. The fourth-order valence-corrected chi connectivity index (χ4v) is 3.37. The van der Waals surface area contributed by atoms with Crippen molar-refractivity contribution in [3.05, 3.63) is 12.1 Å². The van der Waals surface area contributed by atoms with Crippen LogP contribution in [0, 0.1) is 5.92 Å². The van der Waals surface area contributed by atoms with Gasteiger partial charge in [-0.2, -0.15) is 0 Å². The summed E-state index contributed by atoms with van der Waals surface area (Å²) < 4.78 is 10.8. The number of likely N-dealkylation sites (tertiary alicyclic amines) is 2. The highest BCUT2D eigenvalue weighted by molar-refractivity contribution is 5.80. The van der Waals surface area contributed by atoms with Crippen LogP contribution in [-0.4, -0.2) is 71.2 Å². The van der Waals surface area contributed by atoms with E-state index in [0.717, 1.165) is 19.3 Å². The van der Waals surface area contributed by atoms with Crippen molar-refractivity contribution in [3.63, 3.8) is 0 Å². The maximum Gasteiger partial charge on any atom is 0.233 e. The second kappa shape index (κ2) is 7.67. The van der Waals surface area contributed by atoms with Crippen LogP contribution < -0.4 is 9.47 Å². The highest BCUT2D eigenvalue weighted by atomic mass is 16.5. The van der Waals surface area contributed by atoms with E-state index in [1.165, 1.54) is 7.11 Å². The maximum absolute atomic E-state index is 12.7. The third-order valence-corrected chi connectivity index (χ3v) is 4.86. The number of carbonyl (C=O) groups excluding carboxylic acids is 2. The van der Waals surface area contributed by atoms with Gasteiger partial charge in [0, 0.05) is 51.0 Å². The third-order valence-electron chi connectivity index (χ3n) is 4.86. The van der Waals surface area contributed by atoms with Crippen LogP contribution in [-0.2, 0) is 9.59 Å². The van der Waals surface area contributed by atoms with Gasteiger partial charge in [0.1, 0.15) is 6.10 Å². The SMILES string of the molecule is COc1ccc(O[C@H]2CCN(C(=O)C3CCN(C(C)=O)CC3)C2)nn1. The van der Waals surface area contributed by atoms with E-state index in [2.05, 4.69) is 10.2 Å². The molecule has 0 saturated carbocycles. The van der Waals surface area contributed by atoms with Crippen LogP contribution in [0.5, 0.6) is 11.8 Å². The molecule has 0 aliphatic carbocycles. The number of ether oxygens (including phenoxy) is 2. The highest BCUT2D eigenvalue weighted by Gasteiger charge is 2.34. The molecular formula is C17H24N4O4. The lowest BCUT2D eigenvalue weighted by atomic mass is 9.95.